The molecule has 0 saturated heterocycles. The van der Waals surface area contributed by atoms with Gasteiger partial charge in [0, 0.05) is 6.04 Å². The van der Waals surface area contributed by atoms with Crippen molar-refractivity contribution in [3.8, 4) is 0 Å². The molecule has 0 saturated carbocycles. The average Bonchev–Trinajstić information content (AvgIpc) is 2.06. The van der Waals surface area contributed by atoms with Crippen LogP contribution in [0.2, 0.25) is 0 Å². The highest BCUT2D eigenvalue weighted by molar-refractivity contribution is 5.15. The monoisotopic (exact) mass is 163 g/mol. The Hall–Kier alpha value is -0.820. The number of rotatable bonds is 3. The Morgan fingerprint density at radius 3 is 2.25 bits per heavy atom. The lowest BCUT2D eigenvalue weighted by Crippen LogP contribution is -2.28. The first kappa shape index (κ1) is 9.27. The van der Waals surface area contributed by atoms with Crippen molar-refractivity contribution < 1.29 is 0 Å². The molecule has 0 fully saturated rings. The second-order valence-electron chi connectivity index (χ2n) is 3.60. The molecule has 66 valence electrons. The van der Waals surface area contributed by atoms with E-state index in [-0.39, 0.29) is 6.04 Å². The Kier molecular flexibility index (Phi) is 3.30. The van der Waals surface area contributed by atoms with E-state index in [1.54, 1.807) is 0 Å². The van der Waals surface area contributed by atoms with Crippen LogP contribution in [0.5, 0.6) is 0 Å². The van der Waals surface area contributed by atoms with Crippen LogP contribution in [0.15, 0.2) is 30.3 Å². The van der Waals surface area contributed by atoms with Gasteiger partial charge in [-0.3, -0.25) is 0 Å². The second kappa shape index (κ2) is 4.27. The van der Waals surface area contributed by atoms with Gasteiger partial charge in [0.25, 0.3) is 0 Å². The van der Waals surface area contributed by atoms with Gasteiger partial charge < -0.3 is 5.73 Å². The summed E-state index contributed by atoms with van der Waals surface area (Å²) in [4.78, 5) is 0. The number of nitrogens with two attached hydrogens (primary N) is 1. The molecule has 0 amide bonds. The molecule has 1 aromatic carbocycles. The van der Waals surface area contributed by atoms with Crippen LogP contribution in [0.1, 0.15) is 19.4 Å². The summed E-state index contributed by atoms with van der Waals surface area (Å²) in [6.07, 6.45) is 0.985. The van der Waals surface area contributed by atoms with Crippen LogP contribution < -0.4 is 5.73 Å². The fourth-order valence-electron chi connectivity index (χ4n) is 1.12. The third-order valence-corrected chi connectivity index (χ3v) is 2.17. The molecule has 0 heterocycles. The van der Waals surface area contributed by atoms with Crippen LogP contribution in [-0.2, 0) is 6.42 Å². The molecule has 0 bridgehead atoms. The quantitative estimate of drug-likeness (QED) is 0.726. The van der Waals surface area contributed by atoms with Crippen LogP contribution in [0.3, 0.4) is 0 Å². The number of hydrogen-bond acceptors (Lipinski definition) is 1. The molecule has 0 aliphatic rings. The molecule has 1 rings (SSSR count). The molecule has 0 aromatic heterocycles. The van der Waals surface area contributed by atoms with E-state index >= 15 is 0 Å². The van der Waals surface area contributed by atoms with Gasteiger partial charge in [-0.2, -0.15) is 0 Å². The maximum Gasteiger partial charge on any atom is 0.0102 e. The Bertz CT molecular complexity index is 216. The van der Waals surface area contributed by atoms with Gasteiger partial charge in [0.15, 0.2) is 0 Å². The topological polar surface area (TPSA) is 26.0 Å². The van der Waals surface area contributed by atoms with Crippen LogP contribution in [-0.4, -0.2) is 6.04 Å². The SMILES string of the molecule is CC(C)[C@H](N)Cc1ccccc1. The van der Waals surface area contributed by atoms with Crippen molar-refractivity contribution in [2.75, 3.05) is 0 Å². The van der Waals surface area contributed by atoms with Gasteiger partial charge in [0.05, 0.1) is 0 Å². The molecule has 0 radical (unpaired) electrons. The van der Waals surface area contributed by atoms with Gasteiger partial charge in [-0.05, 0) is 17.9 Å². The summed E-state index contributed by atoms with van der Waals surface area (Å²) in [5.41, 5.74) is 7.28. The molecule has 0 spiro atoms. The Morgan fingerprint density at radius 1 is 1.17 bits per heavy atom. The smallest absolute Gasteiger partial charge is 0.0102 e. The predicted octanol–water partition coefficient (Wildman–Crippen LogP) is 2.21. The van der Waals surface area contributed by atoms with Gasteiger partial charge >= 0.3 is 0 Å². The van der Waals surface area contributed by atoms with Crippen molar-refractivity contribution in [3.63, 3.8) is 0 Å². The molecular formula is C11H17N. The largest absolute Gasteiger partial charge is 0.327 e. The van der Waals surface area contributed by atoms with Gasteiger partial charge in [-0.1, -0.05) is 44.2 Å². The van der Waals surface area contributed by atoms with Crippen molar-refractivity contribution in [1.82, 2.24) is 0 Å². The summed E-state index contributed by atoms with van der Waals surface area (Å²) < 4.78 is 0. The van der Waals surface area contributed by atoms with Gasteiger partial charge in [-0.25, -0.2) is 0 Å². The maximum atomic E-state index is 5.95. The summed E-state index contributed by atoms with van der Waals surface area (Å²) >= 11 is 0. The minimum absolute atomic E-state index is 0.285. The molecule has 0 aliphatic heterocycles. The molecule has 0 aliphatic carbocycles. The van der Waals surface area contributed by atoms with E-state index in [2.05, 4.69) is 38.1 Å². The van der Waals surface area contributed by atoms with Crippen molar-refractivity contribution in [2.24, 2.45) is 11.7 Å². The van der Waals surface area contributed by atoms with Gasteiger partial charge in [0.2, 0.25) is 0 Å². The van der Waals surface area contributed by atoms with Gasteiger partial charge in [-0.15, -0.1) is 0 Å². The van der Waals surface area contributed by atoms with E-state index in [0.29, 0.717) is 5.92 Å². The second-order valence-corrected chi connectivity index (χ2v) is 3.60. The highest BCUT2D eigenvalue weighted by Gasteiger charge is 2.07. The Labute approximate surface area is 74.6 Å². The zero-order valence-corrected chi connectivity index (χ0v) is 7.83. The van der Waals surface area contributed by atoms with E-state index in [4.69, 9.17) is 5.73 Å². The first-order valence-electron chi connectivity index (χ1n) is 4.49. The van der Waals surface area contributed by atoms with Crippen LogP contribution in [0, 0.1) is 5.92 Å². The third kappa shape index (κ3) is 2.67. The first-order chi connectivity index (χ1) is 5.70. The summed E-state index contributed by atoms with van der Waals surface area (Å²) in [6, 6.07) is 10.7. The predicted molar refractivity (Wildman–Crippen MR) is 53.0 cm³/mol. The van der Waals surface area contributed by atoms with Crippen LogP contribution >= 0.6 is 0 Å². The average molecular weight is 163 g/mol. The first-order valence-corrected chi connectivity index (χ1v) is 4.49. The fourth-order valence-corrected chi connectivity index (χ4v) is 1.12. The Balaban J connectivity index is 2.53. The Morgan fingerprint density at radius 2 is 1.75 bits per heavy atom. The van der Waals surface area contributed by atoms with Crippen molar-refractivity contribution >= 4 is 0 Å². The summed E-state index contributed by atoms with van der Waals surface area (Å²) in [5, 5.41) is 0. The number of hydrogen-bond donors (Lipinski definition) is 1. The molecule has 1 atom stereocenters. The lowest BCUT2D eigenvalue weighted by molar-refractivity contribution is 0.490. The summed E-state index contributed by atoms with van der Waals surface area (Å²) in [6.45, 7) is 4.32. The molecule has 1 nitrogen and oxygen atoms in total. The minimum atomic E-state index is 0.285. The molecule has 12 heavy (non-hydrogen) atoms. The van der Waals surface area contributed by atoms with E-state index < -0.39 is 0 Å². The lowest BCUT2D eigenvalue weighted by Gasteiger charge is -2.14. The standard InChI is InChI=1S/C11H17N/c1-9(2)11(12)8-10-6-4-3-5-7-10/h3-7,9,11H,8,12H2,1-2H3/t11-/m1/s1. The van der Waals surface area contributed by atoms with Crippen molar-refractivity contribution in [2.45, 2.75) is 26.3 Å². The zero-order chi connectivity index (χ0) is 8.97. The highest BCUT2D eigenvalue weighted by Crippen LogP contribution is 2.07. The minimum Gasteiger partial charge on any atom is -0.327 e. The molecule has 0 unspecified atom stereocenters. The highest BCUT2D eigenvalue weighted by atomic mass is 14.6. The normalized spacial score (nSPS) is 13.3. The summed E-state index contributed by atoms with van der Waals surface area (Å²) in [5.74, 6) is 0.560. The van der Waals surface area contributed by atoms with E-state index in [0.717, 1.165) is 6.42 Å². The van der Waals surface area contributed by atoms with E-state index in [1.807, 2.05) is 6.07 Å². The number of benzene rings is 1. The van der Waals surface area contributed by atoms with Crippen LogP contribution in [0.25, 0.3) is 0 Å². The maximum absolute atomic E-state index is 5.95. The van der Waals surface area contributed by atoms with E-state index in [9.17, 15) is 0 Å². The van der Waals surface area contributed by atoms with E-state index in [1.165, 1.54) is 5.56 Å². The molecular weight excluding hydrogens is 146 g/mol. The summed E-state index contributed by atoms with van der Waals surface area (Å²) in [7, 11) is 0. The lowest BCUT2D eigenvalue weighted by atomic mass is 9.98. The van der Waals surface area contributed by atoms with Crippen molar-refractivity contribution in [1.29, 1.82) is 0 Å². The fraction of sp³-hybridized carbons (Fsp3) is 0.455. The van der Waals surface area contributed by atoms with Crippen molar-refractivity contribution in [3.05, 3.63) is 35.9 Å². The zero-order valence-electron chi connectivity index (χ0n) is 7.83. The van der Waals surface area contributed by atoms with Crippen LogP contribution in [0.4, 0.5) is 0 Å². The van der Waals surface area contributed by atoms with Gasteiger partial charge in [0.1, 0.15) is 0 Å². The molecule has 1 heteroatoms. The molecule has 1 aromatic rings. The third-order valence-electron chi connectivity index (χ3n) is 2.17. The molecule has 2 N–H and O–H groups in total.